The Morgan fingerprint density at radius 1 is 1.41 bits per heavy atom. The molecule has 1 aliphatic heterocycles. The van der Waals surface area contributed by atoms with E-state index in [1.54, 1.807) is 0 Å². The molecule has 2 aromatic rings. The third kappa shape index (κ3) is 2.68. The van der Waals surface area contributed by atoms with Crippen LogP contribution < -0.4 is 4.80 Å². The zero-order chi connectivity index (χ0) is 15.7. The summed E-state index contributed by atoms with van der Waals surface area (Å²) in [4.78, 5) is 10.5. The molecule has 2 heterocycles. The van der Waals surface area contributed by atoms with E-state index in [-0.39, 0.29) is 5.88 Å². The second-order valence-electron chi connectivity index (χ2n) is 4.81. The lowest BCUT2D eigenvalue weighted by Crippen LogP contribution is -2.13. The van der Waals surface area contributed by atoms with Crippen molar-refractivity contribution in [1.82, 2.24) is 4.57 Å². The van der Waals surface area contributed by atoms with Gasteiger partial charge in [0.25, 0.3) is 0 Å². The van der Waals surface area contributed by atoms with Crippen molar-refractivity contribution in [3.05, 3.63) is 37.9 Å². The predicted molar refractivity (Wildman–Crippen MR) is 95.9 cm³/mol. The highest BCUT2D eigenvalue weighted by Crippen LogP contribution is 2.36. The van der Waals surface area contributed by atoms with E-state index in [0.29, 0.717) is 13.1 Å². The Morgan fingerprint density at radius 2 is 2.23 bits per heavy atom. The van der Waals surface area contributed by atoms with Crippen LogP contribution in [0.4, 0.5) is 5.69 Å². The third-order valence-corrected chi connectivity index (χ3v) is 4.96. The molecule has 0 spiro atoms. The summed E-state index contributed by atoms with van der Waals surface area (Å²) in [6, 6.07) is 6.00. The van der Waals surface area contributed by atoms with E-state index in [1.807, 2.05) is 48.9 Å². The van der Waals surface area contributed by atoms with E-state index in [0.717, 1.165) is 31.0 Å². The van der Waals surface area contributed by atoms with Gasteiger partial charge < -0.3 is 5.11 Å². The molecule has 0 saturated carbocycles. The first-order valence-electron chi connectivity index (χ1n) is 7.12. The molecule has 0 unspecified atom stereocenters. The molecule has 4 nitrogen and oxygen atoms in total. The Bertz CT molecular complexity index is 846. The molecule has 0 atom stereocenters. The lowest BCUT2D eigenvalue weighted by atomic mass is 10.1. The number of aliphatic imine (C=N–C) groups is 1. The summed E-state index contributed by atoms with van der Waals surface area (Å²) >= 11 is 4.99. The van der Waals surface area contributed by atoms with E-state index in [2.05, 4.69) is 25.9 Å². The van der Waals surface area contributed by atoms with Crippen LogP contribution in [0, 0.1) is 0 Å². The van der Waals surface area contributed by atoms with Gasteiger partial charge in [0.2, 0.25) is 5.88 Å². The van der Waals surface area contributed by atoms with Crippen LogP contribution in [0.15, 0.2) is 32.7 Å². The van der Waals surface area contributed by atoms with Crippen molar-refractivity contribution in [3.8, 4) is 5.88 Å². The lowest BCUT2D eigenvalue weighted by molar-refractivity contribution is 0.415. The van der Waals surface area contributed by atoms with Crippen molar-refractivity contribution < 1.29 is 5.11 Å². The average molecular weight is 378 g/mol. The summed E-state index contributed by atoms with van der Waals surface area (Å²) in [5.74, 6) is 0.268. The molecule has 0 aliphatic carbocycles. The number of nitrogens with zero attached hydrogens (tertiary/aromatic N) is 3. The van der Waals surface area contributed by atoms with E-state index < -0.39 is 0 Å². The summed E-state index contributed by atoms with van der Waals surface area (Å²) in [5, 5.41) is 10.4. The van der Waals surface area contributed by atoms with Gasteiger partial charge in [0.1, 0.15) is 0 Å². The molecule has 0 bridgehead atoms. The number of thiazole rings is 1. The smallest absolute Gasteiger partial charge is 0.211 e. The molecule has 3 rings (SSSR count). The van der Waals surface area contributed by atoms with Gasteiger partial charge in [-0.1, -0.05) is 27.3 Å². The number of hydrogen-bond acceptors (Lipinski definition) is 4. The SMILES string of the molecule is CCN=c1sc(C=C2C=Nc3ccc(Br)cc32)c(O)n1CC. The molecule has 1 aromatic carbocycles. The van der Waals surface area contributed by atoms with Crippen molar-refractivity contribution in [2.24, 2.45) is 9.98 Å². The highest BCUT2D eigenvalue weighted by atomic mass is 79.9. The number of rotatable bonds is 3. The molecule has 6 heteroatoms. The number of hydrogen-bond donors (Lipinski definition) is 1. The number of benzene rings is 1. The molecular weight excluding hydrogens is 362 g/mol. The Kier molecular flexibility index (Phi) is 4.31. The highest BCUT2D eigenvalue weighted by Gasteiger charge is 2.15. The van der Waals surface area contributed by atoms with Gasteiger partial charge in [-0.2, -0.15) is 0 Å². The highest BCUT2D eigenvalue weighted by molar-refractivity contribution is 9.10. The molecule has 0 amide bonds. The second-order valence-corrected chi connectivity index (χ2v) is 6.74. The van der Waals surface area contributed by atoms with E-state index in [9.17, 15) is 5.11 Å². The maximum atomic E-state index is 10.4. The van der Waals surface area contributed by atoms with Gasteiger partial charge in [-0.25, -0.2) is 0 Å². The monoisotopic (exact) mass is 377 g/mol. The van der Waals surface area contributed by atoms with Gasteiger partial charge in [0, 0.05) is 34.9 Å². The first-order chi connectivity index (χ1) is 10.6. The fraction of sp³-hybridized carbons (Fsp3) is 0.250. The Balaban J connectivity index is 2.11. The van der Waals surface area contributed by atoms with Gasteiger partial charge in [-0.05, 0) is 38.1 Å². The minimum absolute atomic E-state index is 0.268. The van der Waals surface area contributed by atoms with E-state index in [1.165, 1.54) is 11.3 Å². The zero-order valence-corrected chi connectivity index (χ0v) is 14.8. The van der Waals surface area contributed by atoms with Crippen LogP contribution in [-0.4, -0.2) is 22.4 Å². The summed E-state index contributed by atoms with van der Waals surface area (Å²) in [5.41, 5.74) is 3.02. The molecule has 1 N–H and O–H groups in total. The molecule has 1 aliphatic rings. The molecule has 0 saturated heterocycles. The van der Waals surface area contributed by atoms with Crippen LogP contribution in [0.1, 0.15) is 24.3 Å². The molecule has 0 radical (unpaired) electrons. The summed E-state index contributed by atoms with van der Waals surface area (Å²) in [7, 11) is 0. The first-order valence-corrected chi connectivity index (χ1v) is 8.73. The zero-order valence-electron chi connectivity index (χ0n) is 12.4. The standard InChI is InChI=1S/C16H16BrN3OS/c1-3-18-16-20(4-2)15(21)14(22-16)7-10-9-19-13-6-5-11(17)8-12(10)13/h5-9,21H,3-4H2,1-2H3. The quantitative estimate of drug-likeness (QED) is 0.855. The van der Waals surface area contributed by atoms with Gasteiger partial charge in [-0.3, -0.25) is 14.6 Å². The van der Waals surface area contributed by atoms with Crippen LogP contribution in [0.3, 0.4) is 0 Å². The van der Waals surface area contributed by atoms with Crippen molar-refractivity contribution >= 4 is 50.8 Å². The van der Waals surface area contributed by atoms with Gasteiger partial charge >= 0.3 is 0 Å². The second kappa shape index (κ2) is 6.22. The maximum absolute atomic E-state index is 10.4. The molecule has 114 valence electrons. The Labute approximate surface area is 141 Å². The average Bonchev–Trinajstić information content (AvgIpc) is 3.02. The fourth-order valence-electron chi connectivity index (χ4n) is 2.37. The van der Waals surface area contributed by atoms with Crippen molar-refractivity contribution in [3.63, 3.8) is 0 Å². The molecule has 1 aromatic heterocycles. The van der Waals surface area contributed by atoms with Gasteiger partial charge in [0.15, 0.2) is 4.80 Å². The normalized spacial score (nSPS) is 15.8. The predicted octanol–water partition coefficient (Wildman–Crippen LogP) is 4.21. The third-order valence-electron chi connectivity index (χ3n) is 3.42. The van der Waals surface area contributed by atoms with Crippen LogP contribution >= 0.6 is 27.3 Å². The summed E-state index contributed by atoms with van der Waals surface area (Å²) in [6.07, 6.45) is 3.81. The van der Waals surface area contributed by atoms with Crippen molar-refractivity contribution in [2.75, 3.05) is 6.54 Å². The Hall–Kier alpha value is -1.66. The summed E-state index contributed by atoms with van der Waals surface area (Å²) < 4.78 is 2.84. The maximum Gasteiger partial charge on any atom is 0.211 e. The number of halogens is 1. The van der Waals surface area contributed by atoms with Gasteiger partial charge in [-0.15, -0.1) is 0 Å². The summed E-state index contributed by atoms with van der Waals surface area (Å²) in [6.45, 7) is 5.39. The number of fused-ring (bicyclic) bond motifs is 1. The first kappa shape index (κ1) is 15.2. The van der Waals surface area contributed by atoms with Crippen molar-refractivity contribution in [1.29, 1.82) is 0 Å². The minimum atomic E-state index is 0.268. The van der Waals surface area contributed by atoms with E-state index in [4.69, 9.17) is 0 Å². The molecular formula is C16H16BrN3OS. The van der Waals surface area contributed by atoms with Crippen LogP contribution in [0.5, 0.6) is 5.88 Å². The number of allylic oxidation sites excluding steroid dienone is 1. The van der Waals surface area contributed by atoms with Gasteiger partial charge in [0.05, 0.1) is 10.6 Å². The molecule has 0 fully saturated rings. The largest absolute Gasteiger partial charge is 0.493 e. The van der Waals surface area contributed by atoms with Crippen LogP contribution in [0.25, 0.3) is 11.6 Å². The number of aromatic nitrogens is 1. The van der Waals surface area contributed by atoms with Crippen LogP contribution in [-0.2, 0) is 6.54 Å². The topological polar surface area (TPSA) is 49.9 Å². The lowest BCUT2D eigenvalue weighted by Gasteiger charge is -2.01. The van der Waals surface area contributed by atoms with E-state index >= 15 is 0 Å². The molecule has 22 heavy (non-hydrogen) atoms. The fourth-order valence-corrected chi connectivity index (χ4v) is 3.84. The van der Waals surface area contributed by atoms with Crippen LogP contribution in [0.2, 0.25) is 0 Å². The minimum Gasteiger partial charge on any atom is -0.493 e. The Morgan fingerprint density at radius 3 is 2.95 bits per heavy atom. The van der Waals surface area contributed by atoms with Crippen molar-refractivity contribution in [2.45, 2.75) is 20.4 Å². The number of aromatic hydroxyl groups is 1.